The van der Waals surface area contributed by atoms with Crippen LogP contribution in [0.4, 0.5) is 4.11 Å². The minimum atomic E-state index is -2.64. The zero-order valence-corrected chi connectivity index (χ0v) is 5.01. The average molecular weight is 145 g/mol. The molecule has 0 saturated carbocycles. The summed E-state index contributed by atoms with van der Waals surface area (Å²) in [6.45, 7) is 2.85. The third-order valence-electron chi connectivity index (χ3n) is 0. The molecule has 0 fully saturated rings. The van der Waals surface area contributed by atoms with Gasteiger partial charge in [-0.05, 0) is 24.1 Å². The van der Waals surface area contributed by atoms with E-state index in [1.54, 1.807) is 0 Å². The zero-order chi connectivity index (χ0) is 4.50. The first kappa shape index (κ1) is 9.82. The second kappa shape index (κ2) is 2.77. The van der Waals surface area contributed by atoms with Crippen LogP contribution in [0.25, 0.3) is 0 Å². The lowest BCUT2D eigenvalue weighted by molar-refractivity contribution is 0.834. The summed E-state index contributed by atoms with van der Waals surface area (Å²) >= 11 is 5.00. The quantitative estimate of drug-likeness (QED) is 0.342. The van der Waals surface area contributed by atoms with Crippen molar-refractivity contribution in [2.45, 2.75) is 13.1 Å². The van der Waals surface area contributed by atoms with Gasteiger partial charge in [0.1, 0.15) is 0 Å². The van der Waals surface area contributed by atoms with E-state index < -0.39 is 7.72 Å². The SMILES string of the molecule is C[Si](C)(F)Cl.[SiH4]. The van der Waals surface area contributed by atoms with Crippen LogP contribution in [0, 0.1) is 0 Å². The maximum Gasteiger partial charge on any atom is 0.333 e. The highest BCUT2D eigenvalue weighted by Crippen LogP contribution is 2.05. The van der Waals surface area contributed by atoms with Gasteiger partial charge >= 0.3 is 7.72 Å². The minimum absolute atomic E-state index is 0. The molecule has 6 heavy (non-hydrogen) atoms. The summed E-state index contributed by atoms with van der Waals surface area (Å²) in [6.07, 6.45) is 0. The van der Waals surface area contributed by atoms with E-state index in [-0.39, 0.29) is 11.0 Å². The average Bonchev–Trinajstić information content (AvgIpc) is 0.722. The Morgan fingerprint density at radius 1 is 1.50 bits per heavy atom. The maximum absolute atomic E-state index is 11.6. The molecular formula is C2H10ClFSi2. The van der Waals surface area contributed by atoms with E-state index in [0.717, 1.165) is 0 Å². The van der Waals surface area contributed by atoms with Gasteiger partial charge in [-0.15, -0.1) is 11.1 Å². The molecule has 0 radical (unpaired) electrons. The second-order valence-corrected chi connectivity index (χ2v) is 6.68. The van der Waals surface area contributed by atoms with E-state index in [1.165, 1.54) is 13.1 Å². The summed E-state index contributed by atoms with van der Waals surface area (Å²) in [5, 5.41) is 0. The van der Waals surface area contributed by atoms with Crippen LogP contribution in [0.15, 0.2) is 0 Å². The molecule has 0 bridgehead atoms. The Hall–Kier alpha value is 0.654. The minimum Gasteiger partial charge on any atom is -0.294 e. The molecular weight excluding hydrogens is 135 g/mol. The molecule has 0 N–H and O–H groups in total. The van der Waals surface area contributed by atoms with Gasteiger partial charge in [-0.3, -0.25) is 4.11 Å². The maximum atomic E-state index is 11.6. The summed E-state index contributed by atoms with van der Waals surface area (Å²) in [5.41, 5.74) is 0. The van der Waals surface area contributed by atoms with Crippen LogP contribution in [0.1, 0.15) is 0 Å². The van der Waals surface area contributed by atoms with Crippen molar-refractivity contribution in [3.05, 3.63) is 0 Å². The third kappa shape index (κ3) is 145. The zero-order valence-electron chi connectivity index (χ0n) is 3.26. The summed E-state index contributed by atoms with van der Waals surface area (Å²) < 4.78 is 11.6. The third-order valence-corrected chi connectivity index (χ3v) is 0. The van der Waals surface area contributed by atoms with Crippen molar-refractivity contribution in [2.24, 2.45) is 0 Å². The smallest absolute Gasteiger partial charge is 0.294 e. The van der Waals surface area contributed by atoms with Crippen LogP contribution < -0.4 is 0 Å². The molecule has 0 aliphatic carbocycles. The highest BCUT2D eigenvalue weighted by atomic mass is 35.6. The molecule has 0 aromatic carbocycles. The van der Waals surface area contributed by atoms with Crippen LogP contribution >= 0.6 is 11.1 Å². The molecule has 40 valence electrons. The monoisotopic (exact) mass is 144 g/mol. The summed E-state index contributed by atoms with van der Waals surface area (Å²) in [7, 11) is -2.64. The van der Waals surface area contributed by atoms with E-state index in [9.17, 15) is 4.11 Å². The number of halogens is 2. The van der Waals surface area contributed by atoms with Crippen LogP contribution in [0.5, 0.6) is 0 Å². The molecule has 0 amide bonds. The van der Waals surface area contributed by atoms with Crippen molar-refractivity contribution in [1.82, 2.24) is 0 Å². The van der Waals surface area contributed by atoms with E-state index >= 15 is 0 Å². The van der Waals surface area contributed by atoms with Gasteiger partial charge in [0.05, 0.1) is 0 Å². The van der Waals surface area contributed by atoms with Crippen molar-refractivity contribution in [2.75, 3.05) is 0 Å². The standard InChI is InChI=1S/C2H6ClFSi.H4Si/c1-5(2,3)4;/h1-2H3;1H4. The largest absolute Gasteiger partial charge is 0.333 e. The van der Waals surface area contributed by atoms with Crippen LogP contribution in [-0.2, 0) is 0 Å². The topological polar surface area (TPSA) is 0 Å². The molecule has 0 heterocycles. The first-order valence-electron chi connectivity index (χ1n) is 1.38. The Kier molecular flexibility index (Phi) is 4.53. The Morgan fingerprint density at radius 3 is 1.50 bits per heavy atom. The van der Waals surface area contributed by atoms with Crippen molar-refractivity contribution in [3.63, 3.8) is 0 Å². The van der Waals surface area contributed by atoms with Gasteiger partial charge in [-0.2, -0.15) is 0 Å². The van der Waals surface area contributed by atoms with Crippen LogP contribution in [-0.4, -0.2) is 18.7 Å². The fourth-order valence-electron chi connectivity index (χ4n) is 0. The Balaban J connectivity index is 0. The molecule has 0 rings (SSSR count). The Labute approximate surface area is 47.6 Å². The molecule has 0 unspecified atom stereocenters. The van der Waals surface area contributed by atoms with Crippen LogP contribution in [0.2, 0.25) is 13.1 Å². The van der Waals surface area contributed by atoms with Gasteiger partial charge in [0.15, 0.2) is 0 Å². The highest BCUT2D eigenvalue weighted by Gasteiger charge is 2.12. The number of rotatable bonds is 0. The first-order chi connectivity index (χ1) is 2.00. The summed E-state index contributed by atoms with van der Waals surface area (Å²) in [5.74, 6) is 0. The fraction of sp³-hybridized carbons (Fsp3) is 1.00. The van der Waals surface area contributed by atoms with Crippen molar-refractivity contribution >= 4 is 29.8 Å². The lowest BCUT2D eigenvalue weighted by atomic mass is 11.9. The molecule has 0 aromatic heterocycles. The molecule has 4 heteroatoms. The Morgan fingerprint density at radius 2 is 1.50 bits per heavy atom. The van der Waals surface area contributed by atoms with Gasteiger partial charge in [-0.1, -0.05) is 0 Å². The number of hydrogen-bond acceptors (Lipinski definition) is 0. The van der Waals surface area contributed by atoms with Gasteiger partial charge in [0.25, 0.3) is 0 Å². The first-order valence-corrected chi connectivity index (χ1v) is 5.27. The fourth-order valence-corrected chi connectivity index (χ4v) is 0. The molecule has 0 aromatic rings. The predicted octanol–water partition coefficient (Wildman–Crippen LogP) is 0.445. The normalized spacial score (nSPS) is 10.0. The van der Waals surface area contributed by atoms with Gasteiger partial charge in [0, 0.05) is 0 Å². The molecule has 0 aliphatic heterocycles. The summed E-state index contributed by atoms with van der Waals surface area (Å²) in [6, 6.07) is 0. The molecule has 0 saturated heterocycles. The van der Waals surface area contributed by atoms with Gasteiger partial charge < -0.3 is 0 Å². The molecule has 0 atom stereocenters. The molecule has 0 nitrogen and oxygen atoms in total. The Bertz CT molecular complexity index is 27.0. The highest BCUT2D eigenvalue weighted by molar-refractivity contribution is 7.14. The predicted molar refractivity (Wildman–Crippen MR) is 35.8 cm³/mol. The van der Waals surface area contributed by atoms with Crippen molar-refractivity contribution in [3.8, 4) is 0 Å². The second-order valence-electron chi connectivity index (χ2n) is 1.33. The number of hydrogen-bond donors (Lipinski definition) is 0. The van der Waals surface area contributed by atoms with Gasteiger partial charge in [0.2, 0.25) is 0 Å². The van der Waals surface area contributed by atoms with E-state index in [1.807, 2.05) is 0 Å². The van der Waals surface area contributed by atoms with Crippen molar-refractivity contribution in [1.29, 1.82) is 0 Å². The van der Waals surface area contributed by atoms with E-state index in [4.69, 9.17) is 11.1 Å². The lowest BCUT2D eigenvalue weighted by Crippen LogP contribution is -2.04. The summed E-state index contributed by atoms with van der Waals surface area (Å²) in [4.78, 5) is 0. The molecule has 0 aliphatic rings. The van der Waals surface area contributed by atoms with Crippen LogP contribution in [0.3, 0.4) is 0 Å². The van der Waals surface area contributed by atoms with E-state index in [0.29, 0.717) is 0 Å². The van der Waals surface area contributed by atoms with Crippen molar-refractivity contribution < 1.29 is 4.11 Å². The lowest BCUT2D eigenvalue weighted by Gasteiger charge is -1.91. The molecule has 0 spiro atoms. The van der Waals surface area contributed by atoms with Gasteiger partial charge in [-0.25, -0.2) is 0 Å². The van der Waals surface area contributed by atoms with E-state index in [2.05, 4.69) is 0 Å².